The Balaban J connectivity index is 1.52. The predicted octanol–water partition coefficient (Wildman–Crippen LogP) is 5.28. The average molecular weight is 366 g/mol. The molecule has 0 atom stereocenters. The van der Waals surface area contributed by atoms with Crippen LogP contribution in [0.5, 0.6) is 5.75 Å². The maximum Gasteiger partial charge on any atom is 0.142 e. The summed E-state index contributed by atoms with van der Waals surface area (Å²) in [6, 6.07) is 16.1. The molecular formula is C21H22N2O2S. The van der Waals surface area contributed by atoms with Gasteiger partial charge in [-0.3, -0.25) is 0 Å². The fraction of sp³-hybridized carbons (Fsp3) is 0.238. The predicted molar refractivity (Wildman–Crippen MR) is 106 cm³/mol. The number of rotatable bonds is 7. The van der Waals surface area contributed by atoms with Crippen LogP contribution in [-0.2, 0) is 18.1 Å². The molecule has 0 aliphatic rings. The summed E-state index contributed by atoms with van der Waals surface area (Å²) in [5.41, 5.74) is 5.14. The van der Waals surface area contributed by atoms with Gasteiger partial charge in [0.25, 0.3) is 0 Å². The van der Waals surface area contributed by atoms with Crippen LogP contribution in [0.15, 0.2) is 59.1 Å². The highest BCUT2D eigenvalue weighted by Crippen LogP contribution is 2.16. The van der Waals surface area contributed by atoms with E-state index in [9.17, 15) is 0 Å². The number of oxime groups is 1. The Labute approximate surface area is 158 Å². The monoisotopic (exact) mass is 366 g/mol. The second kappa shape index (κ2) is 8.63. The number of aromatic nitrogens is 1. The highest BCUT2D eigenvalue weighted by atomic mass is 32.1. The third-order valence-corrected chi connectivity index (χ3v) is 4.70. The van der Waals surface area contributed by atoms with Crippen molar-refractivity contribution in [1.82, 2.24) is 4.98 Å². The lowest BCUT2D eigenvalue weighted by atomic mass is 10.1. The molecule has 1 aromatic heterocycles. The molecule has 0 N–H and O–H groups in total. The summed E-state index contributed by atoms with van der Waals surface area (Å²) in [6.45, 7) is 6.94. The smallest absolute Gasteiger partial charge is 0.142 e. The topological polar surface area (TPSA) is 43.7 Å². The largest absolute Gasteiger partial charge is 0.487 e. The molecule has 5 heteroatoms. The minimum Gasteiger partial charge on any atom is -0.487 e. The molecule has 1 heterocycles. The van der Waals surface area contributed by atoms with E-state index in [0.717, 1.165) is 33.3 Å². The summed E-state index contributed by atoms with van der Waals surface area (Å²) in [4.78, 5) is 9.86. The van der Waals surface area contributed by atoms with Gasteiger partial charge in [-0.15, -0.1) is 11.3 Å². The SMILES string of the molecule is C/C(=N\OCc1ccc(C)cc1)c1ccc(OCc2csc(C)n2)cc1. The van der Waals surface area contributed by atoms with Crippen LogP contribution in [0.1, 0.15) is 34.3 Å². The standard InChI is InChI=1S/C21H22N2O2S/c1-15-4-6-18(7-5-15)12-25-23-16(2)19-8-10-21(11-9-19)24-13-20-14-26-17(3)22-20/h4-11,14H,12-13H2,1-3H3/b23-16+. The second-order valence-corrected chi connectivity index (χ2v) is 7.17. The van der Waals surface area contributed by atoms with Crippen LogP contribution in [0.25, 0.3) is 0 Å². The fourth-order valence-corrected chi connectivity index (χ4v) is 2.96. The molecule has 2 aromatic carbocycles. The number of nitrogens with zero attached hydrogens (tertiary/aromatic N) is 2. The molecule has 0 bridgehead atoms. The Morgan fingerprint density at radius 3 is 2.38 bits per heavy atom. The molecule has 0 aliphatic heterocycles. The number of aryl methyl sites for hydroxylation is 2. The van der Waals surface area contributed by atoms with Gasteiger partial charge in [0.05, 0.1) is 16.4 Å². The van der Waals surface area contributed by atoms with Gasteiger partial charge in [-0.05, 0) is 56.2 Å². The first-order valence-corrected chi connectivity index (χ1v) is 9.34. The van der Waals surface area contributed by atoms with Crippen LogP contribution in [0.4, 0.5) is 0 Å². The van der Waals surface area contributed by atoms with Crippen molar-refractivity contribution in [2.75, 3.05) is 0 Å². The minimum absolute atomic E-state index is 0.464. The van der Waals surface area contributed by atoms with Crippen LogP contribution < -0.4 is 4.74 Å². The first-order chi connectivity index (χ1) is 12.6. The molecule has 3 aromatic rings. The maximum atomic E-state index is 5.76. The van der Waals surface area contributed by atoms with E-state index in [2.05, 4.69) is 41.3 Å². The molecule has 26 heavy (non-hydrogen) atoms. The van der Waals surface area contributed by atoms with E-state index >= 15 is 0 Å². The summed E-state index contributed by atoms with van der Waals surface area (Å²) >= 11 is 1.63. The molecule has 0 fully saturated rings. The zero-order valence-electron chi connectivity index (χ0n) is 15.2. The van der Waals surface area contributed by atoms with E-state index in [0.29, 0.717) is 13.2 Å². The van der Waals surface area contributed by atoms with Crippen LogP contribution in [0.2, 0.25) is 0 Å². The van der Waals surface area contributed by atoms with Crippen LogP contribution in [0, 0.1) is 13.8 Å². The average Bonchev–Trinajstić information content (AvgIpc) is 3.07. The molecule has 4 nitrogen and oxygen atoms in total. The van der Waals surface area contributed by atoms with E-state index in [1.54, 1.807) is 11.3 Å². The van der Waals surface area contributed by atoms with Crippen molar-refractivity contribution in [2.24, 2.45) is 5.16 Å². The first-order valence-electron chi connectivity index (χ1n) is 8.46. The zero-order valence-corrected chi connectivity index (χ0v) is 16.0. The molecule has 134 valence electrons. The molecule has 3 rings (SSSR count). The van der Waals surface area contributed by atoms with E-state index < -0.39 is 0 Å². The number of hydrogen-bond acceptors (Lipinski definition) is 5. The summed E-state index contributed by atoms with van der Waals surface area (Å²) in [7, 11) is 0. The minimum atomic E-state index is 0.464. The third-order valence-electron chi connectivity index (χ3n) is 3.88. The summed E-state index contributed by atoms with van der Waals surface area (Å²) < 4.78 is 5.76. The summed E-state index contributed by atoms with van der Waals surface area (Å²) in [6.07, 6.45) is 0. The van der Waals surface area contributed by atoms with E-state index in [4.69, 9.17) is 9.57 Å². The van der Waals surface area contributed by atoms with E-state index in [-0.39, 0.29) is 0 Å². The van der Waals surface area contributed by atoms with Crippen molar-refractivity contribution < 1.29 is 9.57 Å². The molecule has 0 spiro atoms. The number of thiazole rings is 1. The Hall–Kier alpha value is -2.66. The Bertz CT molecular complexity index is 868. The molecule has 0 amide bonds. The zero-order chi connectivity index (χ0) is 18.4. The van der Waals surface area contributed by atoms with Gasteiger partial charge in [0.15, 0.2) is 0 Å². The lowest BCUT2D eigenvalue weighted by Crippen LogP contribution is -1.99. The van der Waals surface area contributed by atoms with Gasteiger partial charge in [0.2, 0.25) is 0 Å². The fourth-order valence-electron chi connectivity index (χ4n) is 2.36. The molecular weight excluding hydrogens is 344 g/mol. The number of benzene rings is 2. The Morgan fingerprint density at radius 2 is 1.73 bits per heavy atom. The molecule has 0 saturated heterocycles. The van der Waals surface area contributed by atoms with Crippen molar-refractivity contribution in [1.29, 1.82) is 0 Å². The van der Waals surface area contributed by atoms with Gasteiger partial charge in [0, 0.05) is 5.38 Å². The van der Waals surface area contributed by atoms with E-state index in [1.807, 2.05) is 43.5 Å². The van der Waals surface area contributed by atoms with Gasteiger partial charge < -0.3 is 9.57 Å². The highest BCUT2D eigenvalue weighted by Gasteiger charge is 2.02. The summed E-state index contributed by atoms with van der Waals surface area (Å²) in [5.74, 6) is 0.813. The number of hydrogen-bond donors (Lipinski definition) is 0. The van der Waals surface area contributed by atoms with Crippen LogP contribution >= 0.6 is 11.3 Å². The normalized spacial score (nSPS) is 11.4. The molecule has 0 radical (unpaired) electrons. The van der Waals surface area contributed by atoms with Crippen molar-refractivity contribution in [3.05, 3.63) is 81.3 Å². The van der Waals surface area contributed by atoms with Crippen molar-refractivity contribution in [3.8, 4) is 5.75 Å². The van der Waals surface area contributed by atoms with Gasteiger partial charge in [-0.1, -0.05) is 35.0 Å². The van der Waals surface area contributed by atoms with Crippen molar-refractivity contribution >= 4 is 17.0 Å². The van der Waals surface area contributed by atoms with E-state index in [1.165, 1.54) is 5.56 Å². The Kier molecular flexibility index (Phi) is 6.02. The third kappa shape index (κ3) is 5.17. The molecule has 0 unspecified atom stereocenters. The van der Waals surface area contributed by atoms with Gasteiger partial charge in [-0.2, -0.15) is 0 Å². The van der Waals surface area contributed by atoms with Crippen molar-refractivity contribution in [2.45, 2.75) is 34.0 Å². The molecule has 0 saturated carbocycles. The Morgan fingerprint density at radius 1 is 1.00 bits per heavy atom. The van der Waals surface area contributed by atoms with Crippen molar-refractivity contribution in [3.63, 3.8) is 0 Å². The van der Waals surface area contributed by atoms with Gasteiger partial charge in [0.1, 0.15) is 19.0 Å². The van der Waals surface area contributed by atoms with Crippen LogP contribution in [0.3, 0.4) is 0 Å². The van der Waals surface area contributed by atoms with Gasteiger partial charge in [-0.25, -0.2) is 4.98 Å². The van der Waals surface area contributed by atoms with Crippen LogP contribution in [-0.4, -0.2) is 10.7 Å². The first kappa shape index (κ1) is 18.1. The maximum absolute atomic E-state index is 5.76. The second-order valence-electron chi connectivity index (χ2n) is 6.11. The number of ether oxygens (including phenoxy) is 1. The lowest BCUT2D eigenvalue weighted by Gasteiger charge is -2.06. The summed E-state index contributed by atoms with van der Waals surface area (Å²) in [5, 5.41) is 7.28. The highest BCUT2D eigenvalue weighted by molar-refractivity contribution is 7.09. The van der Waals surface area contributed by atoms with Gasteiger partial charge >= 0.3 is 0 Å². The molecule has 0 aliphatic carbocycles. The lowest BCUT2D eigenvalue weighted by molar-refractivity contribution is 0.130. The quantitative estimate of drug-likeness (QED) is 0.422.